The van der Waals surface area contributed by atoms with E-state index in [9.17, 15) is 5.11 Å². The average Bonchev–Trinajstić information content (AvgIpc) is 2.75. The number of rotatable bonds is 3. The molecule has 0 aromatic heterocycles. The molecule has 1 aromatic carbocycles. The van der Waals surface area contributed by atoms with E-state index in [0.29, 0.717) is 6.61 Å². The number of fused-ring (bicyclic) bond motifs is 1. The highest BCUT2D eigenvalue weighted by molar-refractivity contribution is 5.15. The Bertz CT molecular complexity index is 483. The van der Waals surface area contributed by atoms with Gasteiger partial charge in [0.2, 0.25) is 0 Å². The third kappa shape index (κ3) is 2.79. The number of hydrogen-bond acceptors (Lipinski definition) is 4. The molecule has 4 heteroatoms. The van der Waals surface area contributed by atoms with Gasteiger partial charge in [-0.2, -0.15) is 0 Å². The summed E-state index contributed by atoms with van der Waals surface area (Å²) in [6.45, 7) is 4.17. The first kappa shape index (κ1) is 13.8. The van der Waals surface area contributed by atoms with Crippen LogP contribution in [0, 0.1) is 0 Å². The van der Waals surface area contributed by atoms with Crippen LogP contribution < -0.4 is 0 Å². The zero-order chi connectivity index (χ0) is 14.2. The molecule has 0 bridgehead atoms. The fourth-order valence-corrected chi connectivity index (χ4v) is 2.67. The molecule has 20 heavy (non-hydrogen) atoms. The summed E-state index contributed by atoms with van der Waals surface area (Å²) in [5.41, 5.74) is 1.08. The predicted molar refractivity (Wildman–Crippen MR) is 74.0 cm³/mol. The van der Waals surface area contributed by atoms with Gasteiger partial charge in [0.15, 0.2) is 5.79 Å². The third-order valence-corrected chi connectivity index (χ3v) is 3.61. The number of ether oxygens (including phenoxy) is 3. The summed E-state index contributed by atoms with van der Waals surface area (Å²) in [7, 11) is 0. The molecule has 1 aliphatic carbocycles. The van der Waals surface area contributed by atoms with Crippen LogP contribution in [-0.4, -0.2) is 35.3 Å². The van der Waals surface area contributed by atoms with Crippen molar-refractivity contribution in [3.05, 3.63) is 48.0 Å². The Morgan fingerprint density at radius 1 is 1.15 bits per heavy atom. The molecule has 108 valence electrons. The highest BCUT2D eigenvalue weighted by Gasteiger charge is 2.47. The SMILES string of the molecule is CC1(C)O[C@H]2[C@H](O)[C@@H](OCc3ccccc3)C=C[C@H]2O1. The maximum atomic E-state index is 10.4. The summed E-state index contributed by atoms with van der Waals surface area (Å²) in [4.78, 5) is 0. The van der Waals surface area contributed by atoms with Crippen molar-refractivity contribution in [2.24, 2.45) is 0 Å². The molecule has 0 spiro atoms. The van der Waals surface area contributed by atoms with E-state index >= 15 is 0 Å². The van der Waals surface area contributed by atoms with Crippen LogP contribution in [0.3, 0.4) is 0 Å². The van der Waals surface area contributed by atoms with E-state index in [0.717, 1.165) is 5.56 Å². The van der Waals surface area contributed by atoms with Crippen LogP contribution in [-0.2, 0) is 20.8 Å². The minimum atomic E-state index is -0.713. The monoisotopic (exact) mass is 276 g/mol. The Balaban J connectivity index is 1.63. The summed E-state index contributed by atoms with van der Waals surface area (Å²) in [5.74, 6) is -0.658. The van der Waals surface area contributed by atoms with Gasteiger partial charge >= 0.3 is 0 Å². The van der Waals surface area contributed by atoms with Crippen molar-refractivity contribution in [3.63, 3.8) is 0 Å². The second-order valence-electron chi connectivity index (χ2n) is 5.70. The lowest BCUT2D eigenvalue weighted by Gasteiger charge is -2.30. The van der Waals surface area contributed by atoms with Gasteiger partial charge in [-0.3, -0.25) is 0 Å². The minimum Gasteiger partial charge on any atom is -0.387 e. The van der Waals surface area contributed by atoms with Crippen LogP contribution in [0.25, 0.3) is 0 Å². The normalized spacial score (nSPS) is 35.0. The summed E-state index contributed by atoms with van der Waals surface area (Å²) in [6, 6.07) is 9.91. The predicted octanol–water partition coefficient (Wildman–Crippen LogP) is 2.02. The van der Waals surface area contributed by atoms with Gasteiger partial charge in [-0.25, -0.2) is 0 Å². The summed E-state index contributed by atoms with van der Waals surface area (Å²) in [6.07, 6.45) is 2.14. The number of benzene rings is 1. The number of aliphatic hydroxyl groups is 1. The van der Waals surface area contributed by atoms with Crippen molar-refractivity contribution in [1.82, 2.24) is 0 Å². The zero-order valence-corrected chi connectivity index (χ0v) is 11.7. The Kier molecular flexibility index (Phi) is 3.65. The van der Waals surface area contributed by atoms with E-state index in [1.54, 1.807) is 0 Å². The summed E-state index contributed by atoms with van der Waals surface area (Å²) < 4.78 is 17.2. The van der Waals surface area contributed by atoms with Gasteiger partial charge in [0.1, 0.15) is 24.4 Å². The van der Waals surface area contributed by atoms with Crippen molar-refractivity contribution in [2.75, 3.05) is 0 Å². The van der Waals surface area contributed by atoms with E-state index in [1.807, 2.05) is 56.3 Å². The molecule has 4 nitrogen and oxygen atoms in total. The van der Waals surface area contributed by atoms with Crippen LogP contribution >= 0.6 is 0 Å². The molecule has 1 aromatic rings. The molecule has 1 saturated heterocycles. The standard InChI is InChI=1S/C16H20O4/c1-16(2)19-13-9-8-12(14(17)15(13)20-16)18-10-11-6-4-3-5-7-11/h3-9,12-15,17H,10H2,1-2H3/t12-,13+,14+,15+/m0/s1. The topological polar surface area (TPSA) is 47.9 Å². The van der Waals surface area contributed by atoms with Gasteiger partial charge in [-0.15, -0.1) is 0 Å². The van der Waals surface area contributed by atoms with E-state index in [4.69, 9.17) is 14.2 Å². The van der Waals surface area contributed by atoms with Crippen molar-refractivity contribution >= 4 is 0 Å². The Hall–Kier alpha value is -1.20. The zero-order valence-electron chi connectivity index (χ0n) is 11.7. The molecule has 2 aliphatic rings. The lowest BCUT2D eigenvalue weighted by atomic mass is 9.96. The Morgan fingerprint density at radius 2 is 1.90 bits per heavy atom. The second-order valence-corrected chi connectivity index (χ2v) is 5.70. The average molecular weight is 276 g/mol. The summed E-state index contributed by atoms with van der Waals surface area (Å²) in [5, 5.41) is 10.4. The van der Waals surface area contributed by atoms with Crippen LogP contribution in [0.4, 0.5) is 0 Å². The van der Waals surface area contributed by atoms with E-state index < -0.39 is 11.9 Å². The van der Waals surface area contributed by atoms with Gasteiger partial charge in [-0.1, -0.05) is 42.5 Å². The van der Waals surface area contributed by atoms with E-state index in [2.05, 4.69) is 0 Å². The van der Waals surface area contributed by atoms with Crippen molar-refractivity contribution < 1.29 is 19.3 Å². The highest BCUT2D eigenvalue weighted by Crippen LogP contribution is 2.34. The highest BCUT2D eigenvalue weighted by atomic mass is 16.8. The van der Waals surface area contributed by atoms with Gasteiger partial charge in [0.25, 0.3) is 0 Å². The van der Waals surface area contributed by atoms with Gasteiger partial charge in [0, 0.05) is 0 Å². The Morgan fingerprint density at radius 3 is 2.65 bits per heavy atom. The molecular formula is C16H20O4. The van der Waals surface area contributed by atoms with Crippen molar-refractivity contribution in [3.8, 4) is 0 Å². The van der Waals surface area contributed by atoms with Crippen LogP contribution in [0.5, 0.6) is 0 Å². The number of aliphatic hydroxyl groups excluding tert-OH is 1. The first-order chi connectivity index (χ1) is 9.55. The molecule has 1 aliphatic heterocycles. The first-order valence-corrected chi connectivity index (χ1v) is 6.93. The molecular weight excluding hydrogens is 256 g/mol. The van der Waals surface area contributed by atoms with Gasteiger partial charge in [0.05, 0.1) is 6.61 Å². The van der Waals surface area contributed by atoms with E-state index in [-0.39, 0.29) is 18.3 Å². The molecule has 1 N–H and O–H groups in total. The minimum absolute atomic E-state index is 0.198. The van der Waals surface area contributed by atoms with Crippen LogP contribution in [0.1, 0.15) is 19.4 Å². The maximum absolute atomic E-state index is 10.4. The van der Waals surface area contributed by atoms with Crippen molar-refractivity contribution in [1.29, 1.82) is 0 Å². The Labute approximate surface area is 119 Å². The van der Waals surface area contributed by atoms with Crippen LogP contribution in [0.2, 0.25) is 0 Å². The molecule has 0 unspecified atom stereocenters. The fourth-order valence-electron chi connectivity index (χ4n) is 2.67. The fraction of sp³-hybridized carbons (Fsp3) is 0.500. The van der Waals surface area contributed by atoms with Crippen LogP contribution in [0.15, 0.2) is 42.5 Å². The largest absolute Gasteiger partial charge is 0.387 e. The molecule has 1 heterocycles. The summed E-state index contributed by atoms with van der Waals surface area (Å²) >= 11 is 0. The maximum Gasteiger partial charge on any atom is 0.164 e. The van der Waals surface area contributed by atoms with Crippen molar-refractivity contribution in [2.45, 2.75) is 50.7 Å². The second kappa shape index (κ2) is 5.30. The number of hydrogen-bond donors (Lipinski definition) is 1. The molecule has 0 amide bonds. The first-order valence-electron chi connectivity index (χ1n) is 6.93. The lowest BCUT2D eigenvalue weighted by molar-refractivity contribution is -0.161. The molecule has 1 fully saturated rings. The molecule has 4 atom stereocenters. The quantitative estimate of drug-likeness (QED) is 0.858. The molecule has 0 saturated carbocycles. The van der Waals surface area contributed by atoms with E-state index in [1.165, 1.54) is 0 Å². The third-order valence-electron chi connectivity index (χ3n) is 3.61. The van der Waals surface area contributed by atoms with Gasteiger partial charge < -0.3 is 19.3 Å². The molecule has 0 radical (unpaired) electrons. The van der Waals surface area contributed by atoms with Gasteiger partial charge in [-0.05, 0) is 19.4 Å². The molecule has 3 rings (SSSR count). The lowest BCUT2D eigenvalue weighted by Crippen LogP contribution is -2.46. The smallest absolute Gasteiger partial charge is 0.164 e.